The lowest BCUT2D eigenvalue weighted by Crippen LogP contribution is -2.49. The van der Waals surface area contributed by atoms with Crippen molar-refractivity contribution >= 4 is 28.9 Å². The predicted molar refractivity (Wildman–Crippen MR) is 133 cm³/mol. The summed E-state index contributed by atoms with van der Waals surface area (Å²) in [6.45, 7) is 4.91. The number of likely N-dealkylation sites (tertiary alicyclic amines) is 1. The summed E-state index contributed by atoms with van der Waals surface area (Å²) in [7, 11) is 0. The number of carbonyl (C=O) groups excluding carboxylic acids is 1. The number of anilines is 3. The molecular formula is C26H27N3O8. The van der Waals surface area contributed by atoms with Crippen LogP contribution in [-0.4, -0.2) is 52.8 Å². The van der Waals surface area contributed by atoms with Crippen LogP contribution in [0.1, 0.15) is 47.7 Å². The molecule has 3 aromatic rings. The van der Waals surface area contributed by atoms with Gasteiger partial charge in [0.25, 0.3) is 16.8 Å². The van der Waals surface area contributed by atoms with Crippen molar-refractivity contribution in [3.63, 3.8) is 0 Å². The summed E-state index contributed by atoms with van der Waals surface area (Å²) in [6, 6.07) is 6.54. The molecule has 0 aliphatic carbocycles. The van der Waals surface area contributed by atoms with Gasteiger partial charge in [-0.1, -0.05) is 13.0 Å². The first kappa shape index (κ1) is 24.6. The number of carboxylic acids is 1. The Balaban J connectivity index is 1.43. The number of amides is 1. The number of aliphatic carboxylic acids is 1. The monoisotopic (exact) mass is 509 g/mol. The molecule has 4 N–H and O–H groups in total. The number of hydrogen-bond donors (Lipinski definition) is 4. The van der Waals surface area contributed by atoms with E-state index in [1.807, 2.05) is 19.9 Å². The van der Waals surface area contributed by atoms with E-state index in [4.69, 9.17) is 9.15 Å². The number of nitrogens with zero attached hydrogens (tertiary/aromatic N) is 1. The summed E-state index contributed by atoms with van der Waals surface area (Å²) in [5, 5.41) is 26.2. The van der Waals surface area contributed by atoms with Crippen LogP contribution in [0.3, 0.4) is 0 Å². The molecule has 2 aromatic carbocycles. The molecular weight excluding hydrogens is 482 g/mol. The number of rotatable bonds is 8. The molecule has 2 fully saturated rings. The van der Waals surface area contributed by atoms with Crippen LogP contribution in [0.2, 0.25) is 0 Å². The minimum absolute atomic E-state index is 0.0376. The van der Waals surface area contributed by atoms with Crippen LogP contribution in [0.25, 0.3) is 0 Å². The Morgan fingerprint density at radius 3 is 2.49 bits per heavy atom. The standard InChI is InChI=1S/C26H27N3O8/c1-13-8-9-17(37-13)23(26(2)11-36-12-26)28-19-18(21(31)22(19)32)27-15-6-3-5-14(20(15)30)24(33)29-10-4-7-16(29)25(34)35/h3,5-6,8-9,16,23,27-28,30H,4,7,10-12H2,1-2H3,(H,34,35)/t16-,23?/m0/s1. The molecule has 37 heavy (non-hydrogen) atoms. The molecule has 2 saturated heterocycles. The minimum atomic E-state index is -1.11. The van der Waals surface area contributed by atoms with Crippen molar-refractivity contribution in [2.24, 2.45) is 5.41 Å². The van der Waals surface area contributed by atoms with E-state index < -0.39 is 40.6 Å². The molecule has 5 rings (SSSR count). The molecule has 0 spiro atoms. The van der Waals surface area contributed by atoms with Crippen LogP contribution in [0.15, 0.2) is 44.3 Å². The zero-order valence-electron chi connectivity index (χ0n) is 20.4. The second-order valence-electron chi connectivity index (χ2n) is 9.90. The van der Waals surface area contributed by atoms with Crippen molar-refractivity contribution in [1.29, 1.82) is 0 Å². The normalized spacial score (nSPS) is 19.4. The number of carbonyl (C=O) groups is 2. The highest BCUT2D eigenvalue weighted by molar-refractivity contribution is 6.01. The quantitative estimate of drug-likeness (QED) is 0.263. The number of ether oxygens (including phenoxy) is 1. The lowest BCUT2D eigenvalue weighted by Gasteiger charge is -2.44. The van der Waals surface area contributed by atoms with Gasteiger partial charge in [-0.05, 0) is 44.0 Å². The third kappa shape index (κ3) is 4.14. The number of phenolic OH excluding ortho intramolecular Hbond substituents is 1. The van der Waals surface area contributed by atoms with Crippen LogP contribution < -0.4 is 21.5 Å². The largest absolute Gasteiger partial charge is 0.505 e. The summed E-state index contributed by atoms with van der Waals surface area (Å²) in [6.07, 6.45) is 0.874. The molecule has 0 bridgehead atoms. The van der Waals surface area contributed by atoms with Gasteiger partial charge in [-0.15, -0.1) is 0 Å². The Kier molecular flexibility index (Phi) is 6.03. The average molecular weight is 510 g/mol. The number of para-hydroxylation sites is 1. The SMILES string of the molecule is Cc1ccc(C(Nc2c(Nc3cccc(C(=O)N4CCC[C@H]4C(=O)O)c3O)c(=O)c2=O)C2(C)COC2)o1. The maximum atomic E-state index is 13.0. The van der Waals surface area contributed by atoms with Crippen molar-refractivity contribution in [3.05, 3.63) is 67.9 Å². The summed E-state index contributed by atoms with van der Waals surface area (Å²) >= 11 is 0. The lowest BCUT2D eigenvalue weighted by atomic mass is 9.79. The fourth-order valence-electron chi connectivity index (χ4n) is 4.95. The first-order chi connectivity index (χ1) is 17.6. The highest BCUT2D eigenvalue weighted by atomic mass is 16.5. The molecule has 1 amide bonds. The number of furan rings is 1. The van der Waals surface area contributed by atoms with Crippen LogP contribution in [-0.2, 0) is 9.53 Å². The first-order valence-electron chi connectivity index (χ1n) is 12.0. The van der Waals surface area contributed by atoms with Gasteiger partial charge >= 0.3 is 5.97 Å². The van der Waals surface area contributed by atoms with Gasteiger partial charge in [0.2, 0.25) is 0 Å². The number of benzene rings is 1. The van der Waals surface area contributed by atoms with Gasteiger partial charge in [0, 0.05) is 12.0 Å². The van der Waals surface area contributed by atoms with Crippen molar-refractivity contribution in [3.8, 4) is 5.75 Å². The molecule has 0 radical (unpaired) electrons. The first-order valence-corrected chi connectivity index (χ1v) is 12.0. The number of aryl methyl sites for hydroxylation is 1. The molecule has 2 atom stereocenters. The van der Waals surface area contributed by atoms with Crippen LogP contribution in [0, 0.1) is 12.3 Å². The molecule has 11 heteroatoms. The Hall–Kier alpha value is -4.12. The lowest BCUT2D eigenvalue weighted by molar-refractivity contribution is -0.141. The highest BCUT2D eigenvalue weighted by Crippen LogP contribution is 2.43. The summed E-state index contributed by atoms with van der Waals surface area (Å²) in [5.41, 5.74) is -1.94. The Morgan fingerprint density at radius 1 is 1.14 bits per heavy atom. The molecule has 194 valence electrons. The molecule has 11 nitrogen and oxygen atoms in total. The van der Waals surface area contributed by atoms with Gasteiger partial charge in [-0.2, -0.15) is 0 Å². The number of phenols is 1. The maximum absolute atomic E-state index is 13.0. The van der Waals surface area contributed by atoms with Gasteiger partial charge in [0.1, 0.15) is 28.9 Å². The van der Waals surface area contributed by atoms with E-state index in [2.05, 4.69) is 10.6 Å². The Bertz CT molecular complexity index is 1450. The fraction of sp³-hybridized carbons (Fsp3) is 0.385. The van der Waals surface area contributed by atoms with Crippen LogP contribution in [0.4, 0.5) is 17.1 Å². The molecule has 0 saturated carbocycles. The van der Waals surface area contributed by atoms with E-state index in [1.54, 1.807) is 6.07 Å². The number of carboxylic acid groups (broad SMARTS) is 1. The van der Waals surface area contributed by atoms with Gasteiger partial charge in [-0.3, -0.25) is 14.4 Å². The smallest absolute Gasteiger partial charge is 0.326 e. The summed E-state index contributed by atoms with van der Waals surface area (Å²) < 4.78 is 11.2. The Morgan fingerprint density at radius 2 is 1.86 bits per heavy atom. The van der Waals surface area contributed by atoms with Gasteiger partial charge in [0.05, 0.1) is 30.5 Å². The second-order valence-corrected chi connectivity index (χ2v) is 9.90. The maximum Gasteiger partial charge on any atom is 0.326 e. The molecule has 2 aliphatic rings. The topological polar surface area (TPSA) is 158 Å². The van der Waals surface area contributed by atoms with E-state index in [0.29, 0.717) is 37.6 Å². The number of nitrogens with one attached hydrogen (secondary N) is 2. The van der Waals surface area contributed by atoms with Gasteiger partial charge in [-0.25, -0.2) is 4.79 Å². The van der Waals surface area contributed by atoms with Crippen molar-refractivity contribution in [2.45, 2.75) is 38.8 Å². The molecule has 2 aliphatic heterocycles. The number of hydrogen-bond acceptors (Lipinski definition) is 9. The van der Waals surface area contributed by atoms with Gasteiger partial charge < -0.3 is 34.9 Å². The molecule has 1 unspecified atom stereocenters. The summed E-state index contributed by atoms with van der Waals surface area (Å²) in [4.78, 5) is 50.8. The van der Waals surface area contributed by atoms with Crippen molar-refractivity contribution < 1.29 is 29.0 Å². The second kappa shape index (κ2) is 9.07. The van der Waals surface area contributed by atoms with E-state index >= 15 is 0 Å². The van der Waals surface area contributed by atoms with E-state index in [-0.39, 0.29) is 34.6 Å². The zero-order valence-corrected chi connectivity index (χ0v) is 20.4. The Labute approximate surface area is 211 Å². The van der Waals surface area contributed by atoms with E-state index in [1.165, 1.54) is 23.1 Å². The zero-order chi connectivity index (χ0) is 26.5. The van der Waals surface area contributed by atoms with Crippen molar-refractivity contribution in [2.75, 3.05) is 30.4 Å². The van der Waals surface area contributed by atoms with Gasteiger partial charge in [0.15, 0.2) is 5.75 Å². The third-order valence-corrected chi connectivity index (χ3v) is 7.13. The van der Waals surface area contributed by atoms with E-state index in [0.717, 1.165) is 0 Å². The fourth-order valence-corrected chi connectivity index (χ4v) is 4.95. The summed E-state index contributed by atoms with van der Waals surface area (Å²) in [5.74, 6) is -0.883. The average Bonchev–Trinajstić information content (AvgIpc) is 3.52. The number of aromatic hydroxyl groups is 1. The molecule has 3 heterocycles. The highest BCUT2D eigenvalue weighted by Gasteiger charge is 2.45. The van der Waals surface area contributed by atoms with Crippen LogP contribution >= 0.6 is 0 Å². The third-order valence-electron chi connectivity index (χ3n) is 7.13. The van der Waals surface area contributed by atoms with Crippen LogP contribution in [0.5, 0.6) is 5.75 Å². The van der Waals surface area contributed by atoms with E-state index in [9.17, 15) is 29.4 Å². The predicted octanol–water partition coefficient (Wildman–Crippen LogP) is 2.51. The minimum Gasteiger partial charge on any atom is -0.505 e. The van der Waals surface area contributed by atoms with Crippen molar-refractivity contribution in [1.82, 2.24) is 4.90 Å². The molecule has 1 aromatic heterocycles.